The molecule has 9 heteroatoms. The second-order valence-corrected chi connectivity index (χ2v) is 9.20. The van der Waals surface area contributed by atoms with Crippen LogP contribution in [0.25, 0.3) is 0 Å². The first-order valence-corrected chi connectivity index (χ1v) is 11.5. The highest BCUT2D eigenvalue weighted by Gasteiger charge is 2.17. The molecule has 0 saturated carbocycles. The normalized spacial score (nSPS) is 11.1. The van der Waals surface area contributed by atoms with E-state index in [0.29, 0.717) is 30.2 Å². The lowest BCUT2D eigenvalue weighted by Gasteiger charge is -2.19. The summed E-state index contributed by atoms with van der Waals surface area (Å²) in [6, 6.07) is 10.2. The van der Waals surface area contributed by atoms with Gasteiger partial charge in [-0.2, -0.15) is 0 Å². The van der Waals surface area contributed by atoms with Gasteiger partial charge in [0.1, 0.15) is 0 Å². The molecule has 0 aliphatic rings. The quantitative estimate of drug-likeness (QED) is 0.525. The highest BCUT2D eigenvalue weighted by molar-refractivity contribution is 7.92. The van der Waals surface area contributed by atoms with E-state index in [2.05, 4.69) is 15.6 Å². The van der Waals surface area contributed by atoms with Crippen LogP contribution in [0.1, 0.15) is 31.2 Å². The minimum atomic E-state index is -3.36. The van der Waals surface area contributed by atoms with E-state index in [1.165, 1.54) is 4.31 Å². The summed E-state index contributed by atoms with van der Waals surface area (Å²) in [6.07, 6.45) is 6.40. The third-order valence-electron chi connectivity index (χ3n) is 4.40. The van der Waals surface area contributed by atoms with Crippen molar-refractivity contribution in [2.24, 2.45) is 0 Å². The lowest BCUT2D eigenvalue weighted by atomic mass is 10.2. The second kappa shape index (κ2) is 11.6. The van der Waals surface area contributed by atoms with Crippen LogP contribution in [0.2, 0.25) is 5.02 Å². The smallest absolute Gasteiger partial charge is 0.315 e. The lowest BCUT2D eigenvalue weighted by molar-refractivity contribution is 0.240. The fraction of sp³-hybridized carbons (Fsp3) is 0.400. The fourth-order valence-corrected chi connectivity index (χ4v) is 4.07. The molecular weight excluding hydrogens is 412 g/mol. The highest BCUT2D eigenvalue weighted by atomic mass is 35.5. The van der Waals surface area contributed by atoms with E-state index >= 15 is 0 Å². The standard InChI is InChI=1S/C20H27ClN4O3S/c1-25(19-10-8-18(21)9-11-19)29(27,28)14-5-3-2-4-13-23-20(26)24-16-17-7-6-12-22-15-17/h6-12,15H,2-5,13-14,16H2,1H3,(H2,23,24,26). The van der Waals surface area contributed by atoms with Gasteiger partial charge < -0.3 is 10.6 Å². The molecule has 0 saturated heterocycles. The van der Waals surface area contributed by atoms with Gasteiger partial charge in [0.15, 0.2) is 0 Å². The molecule has 0 unspecified atom stereocenters. The summed E-state index contributed by atoms with van der Waals surface area (Å²) in [7, 11) is -1.81. The zero-order valence-electron chi connectivity index (χ0n) is 16.5. The molecule has 0 aliphatic carbocycles. The molecule has 0 fully saturated rings. The minimum absolute atomic E-state index is 0.0884. The van der Waals surface area contributed by atoms with Gasteiger partial charge in [-0.25, -0.2) is 13.2 Å². The number of aromatic nitrogens is 1. The maximum Gasteiger partial charge on any atom is 0.315 e. The molecule has 0 spiro atoms. The van der Waals surface area contributed by atoms with Gasteiger partial charge in [-0.15, -0.1) is 0 Å². The van der Waals surface area contributed by atoms with E-state index in [0.717, 1.165) is 24.8 Å². The van der Waals surface area contributed by atoms with Gasteiger partial charge in [0.25, 0.3) is 0 Å². The number of amides is 2. The van der Waals surface area contributed by atoms with Crippen molar-refractivity contribution in [2.75, 3.05) is 23.7 Å². The first kappa shape index (κ1) is 23.0. The number of halogens is 1. The van der Waals surface area contributed by atoms with Crippen LogP contribution in [0.4, 0.5) is 10.5 Å². The van der Waals surface area contributed by atoms with Gasteiger partial charge in [-0.1, -0.05) is 30.5 Å². The largest absolute Gasteiger partial charge is 0.338 e. The first-order chi connectivity index (χ1) is 13.9. The molecule has 2 rings (SSSR count). The number of nitrogens with zero attached hydrogens (tertiary/aromatic N) is 2. The molecule has 1 aromatic carbocycles. The van der Waals surface area contributed by atoms with Gasteiger partial charge in [0.2, 0.25) is 10.0 Å². The summed E-state index contributed by atoms with van der Waals surface area (Å²) in [4.78, 5) is 15.7. The Balaban J connectivity index is 1.57. The van der Waals surface area contributed by atoms with Crippen LogP contribution in [0, 0.1) is 0 Å². The second-order valence-electron chi connectivity index (χ2n) is 6.64. The maximum atomic E-state index is 12.4. The van der Waals surface area contributed by atoms with E-state index in [9.17, 15) is 13.2 Å². The third-order valence-corrected chi connectivity index (χ3v) is 6.50. The van der Waals surface area contributed by atoms with Crippen LogP contribution in [0.3, 0.4) is 0 Å². The third kappa shape index (κ3) is 8.29. The number of carbonyl (C=O) groups is 1. The van der Waals surface area contributed by atoms with Gasteiger partial charge >= 0.3 is 6.03 Å². The van der Waals surface area contributed by atoms with Crippen molar-refractivity contribution in [3.05, 3.63) is 59.4 Å². The van der Waals surface area contributed by atoms with Crippen molar-refractivity contribution >= 4 is 33.3 Å². The number of rotatable bonds is 11. The van der Waals surface area contributed by atoms with E-state index in [-0.39, 0.29) is 11.8 Å². The molecule has 1 heterocycles. The van der Waals surface area contributed by atoms with Crippen LogP contribution >= 0.6 is 11.6 Å². The summed E-state index contributed by atoms with van der Waals surface area (Å²) >= 11 is 5.84. The SMILES string of the molecule is CN(c1ccc(Cl)cc1)S(=O)(=O)CCCCCCNC(=O)NCc1cccnc1. The van der Waals surface area contributed by atoms with Crippen molar-refractivity contribution in [1.29, 1.82) is 0 Å². The predicted molar refractivity (Wildman–Crippen MR) is 117 cm³/mol. The first-order valence-electron chi connectivity index (χ1n) is 9.51. The molecule has 2 N–H and O–H groups in total. The summed E-state index contributed by atoms with van der Waals surface area (Å²) in [5, 5.41) is 6.13. The zero-order chi connectivity index (χ0) is 21.1. The molecule has 0 radical (unpaired) electrons. The van der Waals surface area contributed by atoms with Crippen LogP contribution in [0.5, 0.6) is 0 Å². The van der Waals surface area contributed by atoms with Gasteiger partial charge in [0, 0.05) is 37.6 Å². The van der Waals surface area contributed by atoms with Crippen LogP contribution in [-0.4, -0.2) is 38.8 Å². The number of sulfonamides is 1. The molecule has 7 nitrogen and oxygen atoms in total. The molecular formula is C20H27ClN4O3S. The minimum Gasteiger partial charge on any atom is -0.338 e. The Labute approximate surface area is 177 Å². The van der Waals surface area contributed by atoms with Gasteiger partial charge in [0.05, 0.1) is 11.4 Å². The molecule has 2 aromatic rings. The number of benzene rings is 1. The number of carbonyl (C=O) groups excluding carboxylic acids is 1. The number of anilines is 1. The Morgan fingerprint density at radius 1 is 1.07 bits per heavy atom. The predicted octanol–water partition coefficient (Wildman–Crippen LogP) is 3.56. The van der Waals surface area contributed by atoms with Crippen LogP contribution in [0.15, 0.2) is 48.8 Å². The molecule has 0 atom stereocenters. The van der Waals surface area contributed by atoms with Crippen molar-refractivity contribution in [3.8, 4) is 0 Å². The summed E-state index contributed by atoms with van der Waals surface area (Å²) in [6.45, 7) is 0.981. The van der Waals surface area contributed by atoms with Gasteiger partial charge in [-0.3, -0.25) is 9.29 Å². The Morgan fingerprint density at radius 2 is 1.79 bits per heavy atom. The van der Waals surface area contributed by atoms with E-state index in [4.69, 9.17) is 11.6 Å². The lowest BCUT2D eigenvalue weighted by Crippen LogP contribution is -2.35. The Morgan fingerprint density at radius 3 is 2.48 bits per heavy atom. The number of hydrogen-bond acceptors (Lipinski definition) is 4. The fourth-order valence-electron chi connectivity index (χ4n) is 2.66. The molecule has 0 aliphatic heterocycles. The number of nitrogens with one attached hydrogen (secondary N) is 2. The Hall–Kier alpha value is -2.32. The zero-order valence-corrected chi connectivity index (χ0v) is 18.0. The average Bonchev–Trinajstić information content (AvgIpc) is 2.72. The maximum absolute atomic E-state index is 12.4. The Bertz CT molecular complexity index is 861. The molecule has 2 amide bonds. The molecule has 29 heavy (non-hydrogen) atoms. The highest BCUT2D eigenvalue weighted by Crippen LogP contribution is 2.20. The Kier molecular flexibility index (Phi) is 9.21. The monoisotopic (exact) mass is 438 g/mol. The average molecular weight is 439 g/mol. The van der Waals surface area contributed by atoms with Crippen LogP contribution < -0.4 is 14.9 Å². The number of urea groups is 1. The van der Waals surface area contributed by atoms with Crippen molar-refractivity contribution in [3.63, 3.8) is 0 Å². The summed E-state index contributed by atoms with van der Waals surface area (Å²) in [5.41, 5.74) is 1.53. The topological polar surface area (TPSA) is 91.4 Å². The van der Waals surface area contributed by atoms with E-state index in [1.807, 2.05) is 12.1 Å². The van der Waals surface area contributed by atoms with E-state index in [1.54, 1.807) is 43.7 Å². The van der Waals surface area contributed by atoms with Crippen molar-refractivity contribution in [1.82, 2.24) is 15.6 Å². The number of hydrogen-bond donors (Lipinski definition) is 2. The summed E-state index contributed by atoms with van der Waals surface area (Å²) < 4.78 is 26.1. The number of unbranched alkanes of at least 4 members (excludes halogenated alkanes) is 3. The van der Waals surface area contributed by atoms with Crippen LogP contribution in [-0.2, 0) is 16.6 Å². The number of pyridine rings is 1. The van der Waals surface area contributed by atoms with Crippen molar-refractivity contribution in [2.45, 2.75) is 32.2 Å². The van der Waals surface area contributed by atoms with Gasteiger partial charge in [-0.05, 0) is 48.7 Å². The van der Waals surface area contributed by atoms with Crippen molar-refractivity contribution < 1.29 is 13.2 Å². The molecule has 158 valence electrons. The van der Waals surface area contributed by atoms with E-state index < -0.39 is 10.0 Å². The molecule has 1 aromatic heterocycles. The molecule has 0 bridgehead atoms. The summed E-state index contributed by atoms with van der Waals surface area (Å²) in [5.74, 6) is 0.0884.